The van der Waals surface area contributed by atoms with Crippen molar-refractivity contribution in [1.29, 1.82) is 5.26 Å². The Bertz CT molecular complexity index is 1040. The van der Waals surface area contributed by atoms with Gasteiger partial charge in [0.2, 0.25) is 0 Å². The summed E-state index contributed by atoms with van der Waals surface area (Å²) >= 11 is 13.3. The average Bonchev–Trinajstić information content (AvgIpc) is 3.10. The zero-order valence-corrected chi connectivity index (χ0v) is 15.9. The molecule has 0 aliphatic heterocycles. The number of nitrogens with zero attached hydrogens (tertiary/aromatic N) is 2. The van der Waals surface area contributed by atoms with Crippen molar-refractivity contribution in [2.75, 3.05) is 5.32 Å². The molecule has 0 bridgehead atoms. The van der Waals surface area contributed by atoms with E-state index in [0.29, 0.717) is 32.0 Å². The number of benzene rings is 2. The number of halogens is 3. The van der Waals surface area contributed by atoms with Gasteiger partial charge in [0, 0.05) is 22.8 Å². The van der Waals surface area contributed by atoms with Crippen LogP contribution in [0.25, 0.3) is 16.8 Å². The number of allylic oxidation sites excluding steroid dienone is 1. The highest BCUT2D eigenvalue weighted by atomic mass is 35.5. The quantitative estimate of drug-likeness (QED) is 0.502. The van der Waals surface area contributed by atoms with Crippen LogP contribution in [0.4, 0.5) is 10.1 Å². The predicted octanol–water partition coefficient (Wildman–Crippen LogP) is 6.54. The summed E-state index contributed by atoms with van der Waals surface area (Å²) in [6, 6.07) is 11.8. The van der Waals surface area contributed by atoms with E-state index in [9.17, 15) is 9.65 Å². The number of anilines is 1. The summed E-state index contributed by atoms with van der Waals surface area (Å²) in [7, 11) is 0. The van der Waals surface area contributed by atoms with E-state index in [1.54, 1.807) is 18.2 Å². The Labute approximate surface area is 164 Å². The smallest absolute Gasteiger partial charge is 0.136 e. The van der Waals surface area contributed by atoms with E-state index in [0.717, 1.165) is 11.1 Å². The summed E-state index contributed by atoms with van der Waals surface area (Å²) in [5, 5.41) is 15.7. The second-order valence-electron chi connectivity index (χ2n) is 5.44. The molecule has 0 amide bonds. The highest BCUT2D eigenvalue weighted by Gasteiger charge is 2.10. The fraction of sp³-hybridized carbons (Fsp3) is 0.0526. The number of aromatic nitrogens is 1. The molecule has 3 rings (SSSR count). The fourth-order valence-corrected chi connectivity index (χ4v) is 3.32. The van der Waals surface area contributed by atoms with Gasteiger partial charge in [-0.2, -0.15) is 5.26 Å². The van der Waals surface area contributed by atoms with Crippen LogP contribution in [0.15, 0.2) is 48.0 Å². The third kappa shape index (κ3) is 4.05. The highest BCUT2D eigenvalue weighted by molar-refractivity contribution is 7.11. The topological polar surface area (TPSA) is 48.7 Å². The van der Waals surface area contributed by atoms with Crippen LogP contribution in [0.5, 0.6) is 0 Å². The molecule has 0 saturated heterocycles. The Morgan fingerprint density at radius 2 is 2.04 bits per heavy atom. The zero-order valence-electron chi connectivity index (χ0n) is 13.6. The molecule has 2 aromatic carbocycles. The van der Waals surface area contributed by atoms with E-state index in [1.165, 1.54) is 29.7 Å². The van der Waals surface area contributed by atoms with Gasteiger partial charge in [0.05, 0.1) is 15.7 Å². The first-order valence-corrected chi connectivity index (χ1v) is 9.16. The average molecular weight is 404 g/mol. The molecule has 7 heteroatoms. The minimum Gasteiger partial charge on any atom is -0.360 e. The first-order chi connectivity index (χ1) is 12.5. The van der Waals surface area contributed by atoms with E-state index in [1.807, 2.05) is 18.4 Å². The Morgan fingerprint density at radius 1 is 1.23 bits per heavy atom. The van der Waals surface area contributed by atoms with Gasteiger partial charge in [-0.15, -0.1) is 11.3 Å². The van der Waals surface area contributed by atoms with Crippen LogP contribution in [0, 0.1) is 24.1 Å². The number of hydrogen-bond acceptors (Lipinski definition) is 4. The number of hydrogen-bond donors (Lipinski definition) is 1. The minimum absolute atomic E-state index is 0.346. The standard InChI is InChI=1S/C19H12Cl2FN3S/c1-11-2-4-14(22)7-17(11)24-9-13(8-23)19-25-18(10-26-19)12-3-5-15(20)16(21)6-12/h2-7,9-10,24H,1H3. The monoisotopic (exact) mass is 403 g/mol. The van der Waals surface area contributed by atoms with Crippen molar-refractivity contribution in [3.05, 3.63) is 74.4 Å². The normalized spacial score (nSPS) is 11.3. The van der Waals surface area contributed by atoms with Crippen molar-refractivity contribution >= 4 is 45.8 Å². The van der Waals surface area contributed by atoms with Crippen molar-refractivity contribution in [3.63, 3.8) is 0 Å². The molecule has 1 aromatic heterocycles. The second-order valence-corrected chi connectivity index (χ2v) is 7.11. The largest absolute Gasteiger partial charge is 0.360 e. The number of nitriles is 1. The van der Waals surface area contributed by atoms with E-state index in [4.69, 9.17) is 23.2 Å². The maximum atomic E-state index is 13.4. The Hall–Kier alpha value is -2.39. The first kappa shape index (κ1) is 18.4. The van der Waals surface area contributed by atoms with Crippen LogP contribution in [-0.4, -0.2) is 4.98 Å². The molecule has 3 nitrogen and oxygen atoms in total. The lowest BCUT2D eigenvalue weighted by atomic mass is 10.2. The number of thiazole rings is 1. The van der Waals surface area contributed by atoms with Crippen molar-refractivity contribution in [2.45, 2.75) is 6.92 Å². The lowest BCUT2D eigenvalue weighted by Crippen LogP contribution is -1.94. The molecule has 0 aliphatic carbocycles. The Morgan fingerprint density at radius 3 is 2.77 bits per heavy atom. The number of aryl methyl sites for hydroxylation is 1. The van der Waals surface area contributed by atoms with Crippen LogP contribution in [0.1, 0.15) is 10.6 Å². The molecule has 0 radical (unpaired) electrons. The van der Waals surface area contributed by atoms with E-state index < -0.39 is 0 Å². The minimum atomic E-state index is -0.346. The van der Waals surface area contributed by atoms with E-state index in [-0.39, 0.29) is 5.82 Å². The van der Waals surface area contributed by atoms with Crippen molar-refractivity contribution in [1.82, 2.24) is 4.98 Å². The molecule has 0 atom stereocenters. The van der Waals surface area contributed by atoms with E-state index >= 15 is 0 Å². The van der Waals surface area contributed by atoms with Crippen LogP contribution >= 0.6 is 34.5 Å². The van der Waals surface area contributed by atoms with Gasteiger partial charge in [-0.3, -0.25) is 0 Å². The van der Waals surface area contributed by atoms with Crippen molar-refractivity contribution in [2.24, 2.45) is 0 Å². The van der Waals surface area contributed by atoms with Gasteiger partial charge in [0.15, 0.2) is 0 Å². The Balaban J connectivity index is 1.87. The summed E-state index contributed by atoms with van der Waals surface area (Å²) < 4.78 is 13.4. The summed E-state index contributed by atoms with van der Waals surface area (Å²) in [4.78, 5) is 4.49. The maximum absolute atomic E-state index is 13.4. The van der Waals surface area contributed by atoms with Crippen LogP contribution < -0.4 is 5.32 Å². The zero-order chi connectivity index (χ0) is 18.7. The van der Waals surface area contributed by atoms with Gasteiger partial charge >= 0.3 is 0 Å². The molecule has 0 aliphatic rings. The molecule has 3 aromatic rings. The Kier molecular flexibility index (Phi) is 5.58. The van der Waals surface area contributed by atoms with Gasteiger partial charge in [-0.1, -0.05) is 35.3 Å². The van der Waals surface area contributed by atoms with Crippen LogP contribution in [0.3, 0.4) is 0 Å². The molecule has 0 spiro atoms. The summed E-state index contributed by atoms with van der Waals surface area (Å²) in [5.74, 6) is -0.346. The van der Waals surface area contributed by atoms with Crippen molar-refractivity contribution in [3.8, 4) is 17.3 Å². The summed E-state index contributed by atoms with van der Waals surface area (Å²) in [6.45, 7) is 1.85. The maximum Gasteiger partial charge on any atom is 0.136 e. The highest BCUT2D eigenvalue weighted by Crippen LogP contribution is 2.31. The number of rotatable bonds is 4. The molecule has 26 heavy (non-hydrogen) atoms. The van der Waals surface area contributed by atoms with Gasteiger partial charge in [-0.05, 0) is 36.8 Å². The second kappa shape index (κ2) is 7.88. The molecule has 130 valence electrons. The van der Waals surface area contributed by atoms with Gasteiger partial charge in [-0.25, -0.2) is 9.37 Å². The first-order valence-electron chi connectivity index (χ1n) is 7.52. The summed E-state index contributed by atoms with van der Waals surface area (Å²) in [6.07, 6.45) is 1.53. The third-order valence-corrected chi connectivity index (χ3v) is 5.26. The molecule has 0 unspecified atom stereocenters. The predicted molar refractivity (Wildman–Crippen MR) is 106 cm³/mol. The molecular formula is C19H12Cl2FN3S. The lowest BCUT2D eigenvalue weighted by Gasteiger charge is -2.05. The van der Waals surface area contributed by atoms with E-state index in [2.05, 4.69) is 16.4 Å². The molecule has 0 fully saturated rings. The van der Waals surface area contributed by atoms with Crippen molar-refractivity contribution < 1.29 is 4.39 Å². The van der Waals surface area contributed by atoms with Crippen LogP contribution in [-0.2, 0) is 0 Å². The van der Waals surface area contributed by atoms with Gasteiger partial charge in [0.1, 0.15) is 22.5 Å². The van der Waals surface area contributed by atoms with Crippen LogP contribution in [0.2, 0.25) is 10.0 Å². The molecule has 1 N–H and O–H groups in total. The molecule has 0 saturated carbocycles. The SMILES string of the molecule is Cc1ccc(F)cc1NC=C(C#N)c1nc(-c2ccc(Cl)c(Cl)c2)cs1. The fourth-order valence-electron chi connectivity index (χ4n) is 2.23. The summed E-state index contributed by atoms with van der Waals surface area (Å²) in [5.41, 5.74) is 3.33. The number of nitrogens with one attached hydrogen (secondary N) is 1. The third-order valence-electron chi connectivity index (χ3n) is 3.64. The molecule has 1 heterocycles. The molecular weight excluding hydrogens is 392 g/mol. The van der Waals surface area contributed by atoms with Gasteiger partial charge < -0.3 is 5.32 Å². The lowest BCUT2D eigenvalue weighted by molar-refractivity contribution is 0.628. The van der Waals surface area contributed by atoms with Gasteiger partial charge in [0.25, 0.3) is 0 Å².